The molecular formula is C25H31FN8O3. The number of hydrogen-bond acceptors (Lipinski definition) is 7. The second kappa shape index (κ2) is 10.6. The van der Waals surface area contributed by atoms with Crippen LogP contribution >= 0.6 is 0 Å². The average molecular weight is 511 g/mol. The van der Waals surface area contributed by atoms with Gasteiger partial charge < -0.3 is 26.0 Å². The summed E-state index contributed by atoms with van der Waals surface area (Å²) in [5.41, 5.74) is 1.48. The van der Waals surface area contributed by atoms with Crippen molar-refractivity contribution in [2.45, 2.75) is 70.0 Å². The van der Waals surface area contributed by atoms with Crippen LogP contribution in [-0.2, 0) is 0 Å². The zero-order valence-electron chi connectivity index (χ0n) is 20.7. The van der Waals surface area contributed by atoms with Crippen molar-refractivity contribution in [1.29, 1.82) is 0 Å². The molecule has 3 aromatic heterocycles. The molecule has 2 aliphatic carbocycles. The van der Waals surface area contributed by atoms with Crippen molar-refractivity contribution in [3.63, 3.8) is 0 Å². The van der Waals surface area contributed by atoms with Crippen molar-refractivity contribution >= 4 is 34.8 Å². The molecule has 0 aromatic carbocycles. The molecule has 12 heteroatoms. The first-order valence-electron chi connectivity index (χ1n) is 12.7. The Bertz CT molecular complexity index is 1290. The van der Waals surface area contributed by atoms with Crippen molar-refractivity contribution < 1.29 is 19.1 Å². The van der Waals surface area contributed by atoms with E-state index in [1.807, 2.05) is 13.0 Å². The molecule has 37 heavy (non-hydrogen) atoms. The van der Waals surface area contributed by atoms with Crippen LogP contribution in [0.15, 0.2) is 30.7 Å². The van der Waals surface area contributed by atoms with Gasteiger partial charge in [0.15, 0.2) is 17.2 Å². The third-order valence-corrected chi connectivity index (χ3v) is 6.86. The van der Waals surface area contributed by atoms with Crippen molar-refractivity contribution in [2.75, 3.05) is 22.5 Å². The first kappa shape index (κ1) is 24.7. The van der Waals surface area contributed by atoms with E-state index in [1.54, 1.807) is 4.90 Å². The maximum Gasteiger partial charge on any atom is 0.407 e. The Morgan fingerprint density at radius 3 is 2.51 bits per heavy atom. The lowest BCUT2D eigenvalue weighted by atomic mass is 9.90. The van der Waals surface area contributed by atoms with Crippen LogP contribution in [-0.4, -0.2) is 66.3 Å². The normalized spacial score (nSPS) is 19.4. The number of aromatic nitrogens is 4. The van der Waals surface area contributed by atoms with Crippen molar-refractivity contribution in [2.24, 2.45) is 0 Å². The summed E-state index contributed by atoms with van der Waals surface area (Å²) in [6, 6.07) is 3.79. The summed E-state index contributed by atoms with van der Waals surface area (Å²) in [4.78, 5) is 34.3. The lowest BCUT2D eigenvalue weighted by Crippen LogP contribution is -2.43. The predicted molar refractivity (Wildman–Crippen MR) is 136 cm³/mol. The number of halogens is 1. The Balaban J connectivity index is 1.35. The molecule has 0 unspecified atom stereocenters. The molecule has 0 saturated heterocycles. The molecule has 2 fully saturated rings. The van der Waals surface area contributed by atoms with Crippen LogP contribution in [0.4, 0.5) is 26.4 Å². The summed E-state index contributed by atoms with van der Waals surface area (Å²) < 4.78 is 15.5. The fourth-order valence-corrected chi connectivity index (χ4v) is 4.83. The van der Waals surface area contributed by atoms with E-state index < -0.39 is 17.8 Å². The highest BCUT2D eigenvalue weighted by Crippen LogP contribution is 2.30. The number of nitrogens with one attached hydrogen (secondary N) is 3. The maximum atomic E-state index is 14.0. The van der Waals surface area contributed by atoms with E-state index in [9.17, 15) is 19.1 Å². The quantitative estimate of drug-likeness (QED) is 0.336. The molecule has 0 spiro atoms. The predicted octanol–water partition coefficient (Wildman–Crippen LogP) is 4.20. The van der Waals surface area contributed by atoms with Gasteiger partial charge in [-0.15, -0.1) is 5.10 Å². The zero-order chi connectivity index (χ0) is 25.9. The third kappa shape index (κ3) is 5.57. The Labute approximate surface area is 213 Å². The van der Waals surface area contributed by atoms with Crippen LogP contribution in [0, 0.1) is 5.82 Å². The Hall–Kier alpha value is -3.96. The first-order chi connectivity index (χ1) is 17.9. The second-order valence-corrected chi connectivity index (χ2v) is 9.68. The number of carbonyl (C=O) groups is 2. The largest absolute Gasteiger partial charge is 0.465 e. The molecule has 4 N–H and O–H groups in total. The van der Waals surface area contributed by atoms with Gasteiger partial charge in [-0.25, -0.2) is 18.7 Å². The molecule has 2 saturated carbocycles. The van der Waals surface area contributed by atoms with Crippen molar-refractivity contribution in [3.8, 4) is 0 Å². The van der Waals surface area contributed by atoms with Crippen LogP contribution in [0.5, 0.6) is 0 Å². The highest BCUT2D eigenvalue weighted by molar-refractivity contribution is 6.03. The summed E-state index contributed by atoms with van der Waals surface area (Å²) in [6.45, 7) is 2.53. The number of carboxylic acid groups (broad SMARTS) is 1. The van der Waals surface area contributed by atoms with Gasteiger partial charge in [0.2, 0.25) is 0 Å². The van der Waals surface area contributed by atoms with Gasteiger partial charge in [0.1, 0.15) is 5.82 Å². The summed E-state index contributed by atoms with van der Waals surface area (Å²) in [6.07, 6.45) is 9.08. The fraction of sp³-hybridized carbons (Fsp3) is 0.480. The number of imidazole rings is 1. The van der Waals surface area contributed by atoms with Crippen molar-refractivity contribution in [1.82, 2.24) is 24.5 Å². The number of anilines is 3. The molecule has 2 aliphatic rings. The highest BCUT2D eigenvalue weighted by Gasteiger charge is 2.29. The van der Waals surface area contributed by atoms with Gasteiger partial charge >= 0.3 is 6.09 Å². The Kier molecular flexibility index (Phi) is 7.06. The maximum absolute atomic E-state index is 14.0. The summed E-state index contributed by atoms with van der Waals surface area (Å²) in [5, 5.41) is 23.7. The van der Waals surface area contributed by atoms with Crippen molar-refractivity contribution in [3.05, 3.63) is 42.2 Å². The van der Waals surface area contributed by atoms with Gasteiger partial charge in [-0.2, -0.15) is 0 Å². The number of pyridine rings is 1. The van der Waals surface area contributed by atoms with Crippen LogP contribution in [0.2, 0.25) is 0 Å². The minimum absolute atomic E-state index is 0.0237. The minimum Gasteiger partial charge on any atom is -0.465 e. The van der Waals surface area contributed by atoms with Gasteiger partial charge in [0, 0.05) is 36.9 Å². The van der Waals surface area contributed by atoms with Crippen LogP contribution in [0.25, 0.3) is 5.65 Å². The molecule has 5 rings (SSSR count). The van der Waals surface area contributed by atoms with E-state index in [1.165, 1.54) is 23.0 Å². The Morgan fingerprint density at radius 1 is 1.11 bits per heavy atom. The first-order valence-corrected chi connectivity index (χ1v) is 12.7. The third-order valence-electron chi connectivity index (χ3n) is 6.86. The number of rotatable bonds is 9. The van der Waals surface area contributed by atoms with E-state index in [-0.39, 0.29) is 23.5 Å². The minimum atomic E-state index is -0.862. The molecule has 3 aromatic rings. The van der Waals surface area contributed by atoms with Gasteiger partial charge in [0.25, 0.3) is 5.91 Å². The van der Waals surface area contributed by atoms with Crippen LogP contribution in [0.1, 0.15) is 62.4 Å². The fourth-order valence-electron chi connectivity index (χ4n) is 4.83. The SMILES string of the molecule is CCCN(C(=O)O)[C@H]1CC[C@H](Nc2cc(NC3CC3)c3ncc(C(=O)Nc4ccncc4F)n3n2)CC1. The van der Waals surface area contributed by atoms with E-state index in [0.717, 1.165) is 56.8 Å². The van der Waals surface area contributed by atoms with Crippen LogP contribution in [0.3, 0.4) is 0 Å². The van der Waals surface area contributed by atoms with Crippen LogP contribution < -0.4 is 16.0 Å². The molecule has 2 amide bonds. The van der Waals surface area contributed by atoms with E-state index in [2.05, 4.69) is 31.0 Å². The molecular weight excluding hydrogens is 479 g/mol. The van der Waals surface area contributed by atoms with E-state index in [4.69, 9.17) is 0 Å². The standard InChI is InChI=1S/C25H31FN8O3/c1-2-11-33(25(36)37)17-7-5-16(6-8-17)30-22-12-20(29-15-3-4-15)23-28-14-21(34(23)32-22)24(35)31-19-9-10-27-13-18(19)26/h9-10,12-17,29H,2-8,11H2,1H3,(H,30,32)(H,36,37)(H,27,31,35)/t16-,17-. The zero-order valence-corrected chi connectivity index (χ0v) is 20.7. The van der Waals surface area contributed by atoms with Gasteiger partial charge in [-0.05, 0) is 51.0 Å². The molecule has 0 radical (unpaired) electrons. The highest BCUT2D eigenvalue weighted by atomic mass is 19.1. The van der Waals surface area contributed by atoms with Gasteiger partial charge in [-0.3, -0.25) is 9.78 Å². The second-order valence-electron chi connectivity index (χ2n) is 9.68. The molecule has 0 aliphatic heterocycles. The number of nitrogens with zero attached hydrogens (tertiary/aromatic N) is 5. The van der Waals surface area contributed by atoms with E-state index >= 15 is 0 Å². The summed E-state index contributed by atoms with van der Waals surface area (Å²) in [5.74, 6) is -0.582. The summed E-state index contributed by atoms with van der Waals surface area (Å²) >= 11 is 0. The van der Waals surface area contributed by atoms with Gasteiger partial charge in [0.05, 0.1) is 23.8 Å². The van der Waals surface area contributed by atoms with Gasteiger partial charge in [-0.1, -0.05) is 6.92 Å². The lowest BCUT2D eigenvalue weighted by molar-refractivity contribution is 0.101. The molecule has 196 valence electrons. The number of carbonyl (C=O) groups excluding carboxylic acids is 1. The molecule has 0 atom stereocenters. The summed E-state index contributed by atoms with van der Waals surface area (Å²) in [7, 11) is 0. The smallest absolute Gasteiger partial charge is 0.407 e. The lowest BCUT2D eigenvalue weighted by Gasteiger charge is -2.35. The number of fused-ring (bicyclic) bond motifs is 1. The average Bonchev–Trinajstić information content (AvgIpc) is 3.59. The Morgan fingerprint density at radius 2 is 1.84 bits per heavy atom. The number of amides is 2. The van der Waals surface area contributed by atoms with E-state index in [0.29, 0.717) is 24.1 Å². The molecule has 3 heterocycles. The molecule has 11 nitrogen and oxygen atoms in total. The topological polar surface area (TPSA) is 137 Å². The monoisotopic (exact) mass is 510 g/mol. The number of hydrogen-bond donors (Lipinski definition) is 4. The molecule has 0 bridgehead atoms.